The van der Waals surface area contributed by atoms with Gasteiger partial charge in [0.2, 0.25) is 0 Å². The normalized spacial score (nSPS) is 14.1. The van der Waals surface area contributed by atoms with E-state index in [1.807, 2.05) is 21.1 Å². The number of carbonyl (C=O) groups is 1. The average Bonchev–Trinajstić information content (AvgIpc) is 3.28. The highest BCUT2D eigenvalue weighted by molar-refractivity contribution is 7.47. The molecule has 0 aliphatic heterocycles. The molecule has 9 heteroatoms. The van der Waals surface area contributed by atoms with Crippen molar-refractivity contribution in [1.82, 2.24) is 0 Å². The molecule has 0 aromatic heterocycles. The van der Waals surface area contributed by atoms with Gasteiger partial charge in [0.05, 0.1) is 34.4 Å². The van der Waals surface area contributed by atoms with E-state index in [0.717, 1.165) is 83.5 Å². The number of likely N-dealkylation sites (N-methyl/N-ethyl adjacent to an activating group) is 1. The number of phosphoric ester groups is 1. The first-order valence-electron chi connectivity index (χ1n) is 27.2. The summed E-state index contributed by atoms with van der Waals surface area (Å²) in [6, 6.07) is 0. The molecule has 0 saturated carbocycles. The number of quaternary nitrogens is 1. The summed E-state index contributed by atoms with van der Waals surface area (Å²) in [4.78, 5) is 23.0. The predicted molar refractivity (Wildman–Crippen MR) is 284 cm³/mol. The van der Waals surface area contributed by atoms with Crippen molar-refractivity contribution in [2.45, 2.75) is 232 Å². The first-order valence-corrected chi connectivity index (χ1v) is 28.7. The van der Waals surface area contributed by atoms with Crippen LogP contribution in [0, 0.1) is 0 Å². The highest BCUT2D eigenvalue weighted by Crippen LogP contribution is 2.43. The largest absolute Gasteiger partial charge is 0.472 e. The zero-order valence-electron chi connectivity index (χ0n) is 43.7. The summed E-state index contributed by atoms with van der Waals surface area (Å²) in [7, 11) is 1.65. The molecular formula is C57H105NO7P+. The molecule has 0 aliphatic rings. The zero-order valence-corrected chi connectivity index (χ0v) is 44.6. The second-order valence-electron chi connectivity index (χ2n) is 19.2. The lowest BCUT2D eigenvalue weighted by Gasteiger charge is -2.24. The van der Waals surface area contributed by atoms with E-state index in [9.17, 15) is 14.3 Å². The summed E-state index contributed by atoms with van der Waals surface area (Å²) in [5.41, 5.74) is 0. The third kappa shape index (κ3) is 52.9. The van der Waals surface area contributed by atoms with E-state index in [4.69, 9.17) is 18.5 Å². The monoisotopic (exact) mass is 947 g/mol. The molecule has 0 bridgehead atoms. The van der Waals surface area contributed by atoms with Gasteiger partial charge in [-0.1, -0.05) is 228 Å². The quantitative estimate of drug-likeness (QED) is 0.0214. The van der Waals surface area contributed by atoms with Gasteiger partial charge >= 0.3 is 13.8 Å². The molecule has 0 radical (unpaired) electrons. The van der Waals surface area contributed by atoms with Gasteiger partial charge in [-0.05, 0) is 64.2 Å². The molecular weight excluding hydrogens is 842 g/mol. The minimum absolute atomic E-state index is 0.0812. The van der Waals surface area contributed by atoms with Crippen molar-refractivity contribution in [2.75, 3.05) is 54.1 Å². The predicted octanol–water partition coefficient (Wildman–Crippen LogP) is 17.0. The minimum Gasteiger partial charge on any atom is -0.457 e. The van der Waals surface area contributed by atoms with E-state index in [1.165, 1.54) is 122 Å². The highest BCUT2D eigenvalue weighted by Gasteiger charge is 2.26. The number of nitrogens with zero attached hydrogens (tertiary/aromatic N) is 1. The number of ether oxygens (including phenoxy) is 2. The molecule has 0 aliphatic carbocycles. The van der Waals surface area contributed by atoms with Crippen LogP contribution in [0.25, 0.3) is 0 Å². The Morgan fingerprint density at radius 1 is 0.485 bits per heavy atom. The first kappa shape index (κ1) is 63.9. The van der Waals surface area contributed by atoms with Gasteiger partial charge in [-0.15, -0.1) is 0 Å². The van der Waals surface area contributed by atoms with Crippen molar-refractivity contribution in [3.63, 3.8) is 0 Å². The third-order valence-corrected chi connectivity index (χ3v) is 12.5. The van der Waals surface area contributed by atoms with E-state index >= 15 is 0 Å². The van der Waals surface area contributed by atoms with E-state index in [2.05, 4.69) is 86.8 Å². The van der Waals surface area contributed by atoms with Gasteiger partial charge in [-0.3, -0.25) is 13.8 Å². The number of hydrogen-bond donors (Lipinski definition) is 1. The Labute approximate surface area is 408 Å². The van der Waals surface area contributed by atoms with Gasteiger partial charge in [0, 0.05) is 13.0 Å². The van der Waals surface area contributed by atoms with Crippen molar-refractivity contribution < 1.29 is 37.3 Å². The molecule has 0 amide bonds. The van der Waals surface area contributed by atoms with Crippen molar-refractivity contribution in [1.29, 1.82) is 0 Å². The van der Waals surface area contributed by atoms with Crippen LogP contribution in [0.4, 0.5) is 0 Å². The van der Waals surface area contributed by atoms with E-state index in [0.29, 0.717) is 24.1 Å². The van der Waals surface area contributed by atoms with Crippen LogP contribution in [0.15, 0.2) is 72.9 Å². The lowest BCUT2D eigenvalue weighted by molar-refractivity contribution is -0.870. The van der Waals surface area contributed by atoms with Gasteiger partial charge in [0.1, 0.15) is 19.3 Å². The number of unbranched alkanes of at least 4 members (excludes halogenated alkanes) is 24. The maximum absolute atomic E-state index is 12.8. The average molecular weight is 947 g/mol. The van der Waals surface area contributed by atoms with E-state index in [1.54, 1.807) is 0 Å². The standard InChI is InChI=1S/C57H104NO7P/c1-6-8-10-12-14-16-18-20-22-24-26-28-29-30-32-34-36-38-40-42-44-46-48-50-57(59)65-56(55-64-66(60,61)63-53-51-58(3,4)5)54-62-52-49-47-45-43-41-39-37-35-33-31-27-25-23-21-19-17-15-13-11-9-7-2/h8,10,14,16,20,22,26,28,30,32,36,38,56H,6-7,9,11-13,15,17-19,21,23-25,27,29,31,33-35,37,39-55H2,1-5H3/p+1/b10-8-,16-14-,22-20-,28-26-,32-30-,38-36-. The zero-order chi connectivity index (χ0) is 48.3. The summed E-state index contributed by atoms with van der Waals surface area (Å²) in [5, 5.41) is 0. The van der Waals surface area contributed by atoms with Crippen molar-refractivity contribution in [2.24, 2.45) is 0 Å². The van der Waals surface area contributed by atoms with Gasteiger partial charge in [0.15, 0.2) is 0 Å². The maximum Gasteiger partial charge on any atom is 0.472 e. The molecule has 66 heavy (non-hydrogen) atoms. The minimum atomic E-state index is -4.29. The Hall–Kier alpha value is -2.06. The Bertz CT molecular complexity index is 1280. The van der Waals surface area contributed by atoms with Crippen LogP contribution in [0.3, 0.4) is 0 Å². The topological polar surface area (TPSA) is 91.3 Å². The van der Waals surface area contributed by atoms with Crippen LogP contribution in [-0.2, 0) is 27.9 Å². The van der Waals surface area contributed by atoms with Crippen molar-refractivity contribution in [3.8, 4) is 0 Å². The third-order valence-electron chi connectivity index (χ3n) is 11.5. The smallest absolute Gasteiger partial charge is 0.457 e. The molecule has 1 N–H and O–H groups in total. The summed E-state index contributed by atoms with van der Waals surface area (Å²) in [5.74, 6) is -0.336. The van der Waals surface area contributed by atoms with Crippen LogP contribution in [0.1, 0.15) is 226 Å². The Balaban J connectivity index is 4.18. The number of esters is 1. The Kier molecular flexibility index (Phi) is 47.8. The number of carbonyl (C=O) groups excluding carboxylic acids is 1. The molecule has 0 fully saturated rings. The van der Waals surface area contributed by atoms with E-state index in [-0.39, 0.29) is 25.8 Å². The highest BCUT2D eigenvalue weighted by atomic mass is 31.2. The van der Waals surface area contributed by atoms with Gasteiger partial charge in [0.25, 0.3) is 0 Å². The molecule has 0 heterocycles. The molecule has 0 rings (SSSR count). The van der Waals surface area contributed by atoms with Crippen molar-refractivity contribution in [3.05, 3.63) is 72.9 Å². The summed E-state index contributed by atoms with van der Waals surface area (Å²) in [6.07, 6.45) is 65.3. The second-order valence-corrected chi connectivity index (χ2v) is 20.7. The molecule has 0 aromatic carbocycles. The number of hydrogen-bond acceptors (Lipinski definition) is 6. The number of rotatable bonds is 50. The van der Waals surface area contributed by atoms with Gasteiger partial charge in [-0.2, -0.15) is 0 Å². The van der Waals surface area contributed by atoms with Crippen molar-refractivity contribution >= 4 is 13.8 Å². The van der Waals surface area contributed by atoms with Crippen LogP contribution >= 0.6 is 7.82 Å². The van der Waals surface area contributed by atoms with Gasteiger partial charge < -0.3 is 18.9 Å². The fourth-order valence-electron chi connectivity index (χ4n) is 7.38. The van der Waals surface area contributed by atoms with Crippen LogP contribution in [-0.4, -0.2) is 75.6 Å². The number of allylic oxidation sites excluding steroid dienone is 12. The molecule has 2 atom stereocenters. The summed E-state index contributed by atoms with van der Waals surface area (Å²) >= 11 is 0. The lowest BCUT2D eigenvalue weighted by atomic mass is 10.0. The van der Waals surface area contributed by atoms with Gasteiger partial charge in [-0.25, -0.2) is 4.57 Å². The molecule has 0 aromatic rings. The summed E-state index contributed by atoms with van der Waals surface area (Å²) in [6.45, 7) is 5.50. The van der Waals surface area contributed by atoms with E-state index < -0.39 is 13.9 Å². The fourth-order valence-corrected chi connectivity index (χ4v) is 8.12. The molecule has 384 valence electrons. The molecule has 0 saturated heterocycles. The summed E-state index contributed by atoms with van der Waals surface area (Å²) < 4.78 is 35.2. The maximum atomic E-state index is 12.8. The molecule has 2 unspecified atom stereocenters. The fraction of sp³-hybridized carbons (Fsp3) is 0.772. The Morgan fingerprint density at radius 2 is 0.879 bits per heavy atom. The molecule has 0 spiro atoms. The number of phosphoric acid groups is 1. The van der Waals surface area contributed by atoms with Crippen LogP contribution < -0.4 is 0 Å². The Morgan fingerprint density at radius 3 is 1.32 bits per heavy atom. The first-order chi connectivity index (χ1) is 32.1. The van der Waals surface area contributed by atoms with Crippen LogP contribution in [0.2, 0.25) is 0 Å². The van der Waals surface area contributed by atoms with Crippen LogP contribution in [0.5, 0.6) is 0 Å². The SMILES string of the molecule is CC/C=C\C/C=C\C/C=C\C/C=C\C/C=C\C/C=C\CCCCCCC(=O)OC(COCCCCCCCCCCCCCCCCCCCCCCC)COP(=O)(O)OCC[N+](C)(C)C. The lowest BCUT2D eigenvalue weighted by Crippen LogP contribution is -2.37. The second kappa shape index (κ2) is 49.4. The molecule has 8 nitrogen and oxygen atoms in total.